The van der Waals surface area contributed by atoms with Crippen LogP contribution in [0.4, 0.5) is 22.0 Å². The third-order valence-corrected chi connectivity index (χ3v) is 4.48. The van der Waals surface area contributed by atoms with Crippen molar-refractivity contribution in [2.24, 2.45) is 0 Å². The van der Waals surface area contributed by atoms with Gasteiger partial charge >= 0.3 is 6.36 Å². The van der Waals surface area contributed by atoms with Gasteiger partial charge in [0.2, 0.25) is 0 Å². The van der Waals surface area contributed by atoms with Gasteiger partial charge in [-0.15, -0.1) is 13.2 Å². The van der Waals surface area contributed by atoms with Gasteiger partial charge in [-0.3, -0.25) is 0 Å². The molecule has 0 aliphatic carbocycles. The molecule has 0 N–H and O–H groups in total. The summed E-state index contributed by atoms with van der Waals surface area (Å²) in [5.74, 6) is -1.85. The van der Waals surface area contributed by atoms with Crippen molar-refractivity contribution < 1.29 is 26.7 Å². The van der Waals surface area contributed by atoms with Crippen LogP contribution in [0.2, 0.25) is 0 Å². The van der Waals surface area contributed by atoms with Crippen molar-refractivity contribution in [3.05, 3.63) is 90.8 Å². The molecular weight excluding hydrogens is 415 g/mol. The molecule has 0 fully saturated rings. The molecule has 0 aliphatic rings. The first-order valence-electron chi connectivity index (χ1n) is 9.03. The summed E-state index contributed by atoms with van der Waals surface area (Å²) in [5.41, 5.74) is 2.61. The Morgan fingerprint density at radius 1 is 0.613 bits per heavy atom. The zero-order chi connectivity index (χ0) is 22.0. The smallest absolute Gasteiger partial charge is 0.406 e. The van der Waals surface area contributed by atoms with Crippen molar-refractivity contribution in [3.63, 3.8) is 0 Å². The average Bonchev–Trinajstić information content (AvgIpc) is 2.74. The lowest BCUT2D eigenvalue weighted by Crippen LogP contribution is -2.16. The molecule has 0 aliphatic heterocycles. The van der Waals surface area contributed by atoms with E-state index in [4.69, 9.17) is 0 Å². The number of halogens is 5. The van der Waals surface area contributed by atoms with Gasteiger partial charge in [-0.05, 0) is 41.0 Å². The molecule has 1 aromatic heterocycles. The maximum absolute atomic E-state index is 13.9. The minimum absolute atomic E-state index is 0.0582. The molecule has 1 heterocycles. The largest absolute Gasteiger partial charge is 0.573 e. The molecule has 0 radical (unpaired) electrons. The topological polar surface area (TPSA) is 35.0 Å². The van der Waals surface area contributed by atoms with Crippen molar-refractivity contribution >= 4 is 0 Å². The Morgan fingerprint density at radius 3 is 1.55 bits per heavy atom. The Bertz CT molecular complexity index is 1170. The summed E-state index contributed by atoms with van der Waals surface area (Å²) in [4.78, 5) is 8.14. The second kappa shape index (κ2) is 8.14. The summed E-state index contributed by atoms with van der Waals surface area (Å²) >= 11 is 0. The van der Waals surface area contributed by atoms with E-state index < -0.39 is 18.0 Å². The fourth-order valence-electron chi connectivity index (χ4n) is 3.02. The third kappa shape index (κ3) is 4.69. The standard InChI is InChI=1S/C23H13F5N2O/c24-19-2-1-3-20(25)21(19)22-29-12-17(13-30-22)16-6-4-14(5-7-16)15-8-10-18(11-9-15)31-23(26,27)28/h1-13H. The number of hydrogen-bond acceptors (Lipinski definition) is 3. The van der Waals surface area contributed by atoms with Gasteiger partial charge in [0.05, 0.1) is 5.56 Å². The molecule has 0 unspecified atom stereocenters. The van der Waals surface area contributed by atoms with Gasteiger partial charge in [0.25, 0.3) is 0 Å². The van der Waals surface area contributed by atoms with Crippen molar-refractivity contribution in [1.29, 1.82) is 0 Å². The van der Waals surface area contributed by atoms with E-state index in [0.29, 0.717) is 11.1 Å². The highest BCUT2D eigenvalue weighted by molar-refractivity contribution is 5.70. The van der Waals surface area contributed by atoms with E-state index in [1.54, 1.807) is 24.3 Å². The summed E-state index contributed by atoms with van der Waals surface area (Å²) < 4.78 is 68.4. The predicted octanol–water partition coefficient (Wildman–Crippen LogP) is 6.65. The molecule has 0 amide bonds. The molecule has 4 aromatic rings. The average molecular weight is 428 g/mol. The fourth-order valence-corrected chi connectivity index (χ4v) is 3.02. The van der Waals surface area contributed by atoms with Crippen molar-refractivity contribution in [2.75, 3.05) is 0 Å². The van der Waals surface area contributed by atoms with Crippen molar-refractivity contribution in [2.45, 2.75) is 6.36 Å². The van der Waals surface area contributed by atoms with Gasteiger partial charge in [-0.2, -0.15) is 0 Å². The Balaban J connectivity index is 1.53. The van der Waals surface area contributed by atoms with Crippen LogP contribution in [0.25, 0.3) is 33.6 Å². The first-order chi connectivity index (χ1) is 14.8. The molecule has 3 aromatic carbocycles. The molecule has 3 nitrogen and oxygen atoms in total. The van der Waals surface area contributed by atoms with E-state index in [0.717, 1.165) is 23.3 Å². The molecule has 0 saturated carbocycles. The highest BCUT2D eigenvalue weighted by atomic mass is 19.4. The number of rotatable bonds is 4. The van der Waals surface area contributed by atoms with E-state index in [1.807, 2.05) is 0 Å². The lowest BCUT2D eigenvalue weighted by molar-refractivity contribution is -0.274. The highest BCUT2D eigenvalue weighted by Gasteiger charge is 2.30. The lowest BCUT2D eigenvalue weighted by Gasteiger charge is -2.10. The molecular formula is C23H13F5N2O. The third-order valence-electron chi connectivity index (χ3n) is 4.48. The fraction of sp³-hybridized carbons (Fsp3) is 0.0435. The number of aromatic nitrogens is 2. The van der Waals surface area contributed by atoms with Crippen LogP contribution in [0, 0.1) is 11.6 Å². The maximum Gasteiger partial charge on any atom is 0.573 e. The minimum Gasteiger partial charge on any atom is -0.406 e. The summed E-state index contributed by atoms with van der Waals surface area (Å²) in [5, 5.41) is 0. The second-order valence-electron chi connectivity index (χ2n) is 6.54. The normalized spacial score (nSPS) is 11.4. The molecule has 31 heavy (non-hydrogen) atoms. The molecule has 0 atom stereocenters. The van der Waals surface area contributed by atoms with Gasteiger partial charge in [0.15, 0.2) is 5.82 Å². The summed E-state index contributed by atoms with van der Waals surface area (Å²) in [6.07, 6.45) is -1.81. The Labute approximate surface area is 173 Å². The van der Waals surface area contributed by atoms with E-state index >= 15 is 0 Å². The Hall–Kier alpha value is -3.81. The number of nitrogens with zero attached hydrogens (tertiary/aromatic N) is 2. The van der Waals surface area contributed by atoms with Crippen LogP contribution < -0.4 is 4.74 Å². The minimum atomic E-state index is -4.74. The SMILES string of the molecule is Fc1cccc(F)c1-c1ncc(-c2ccc(-c3ccc(OC(F)(F)F)cc3)cc2)cn1. The van der Waals surface area contributed by atoms with Gasteiger partial charge < -0.3 is 4.74 Å². The summed E-state index contributed by atoms with van der Waals surface area (Å²) in [7, 11) is 0. The first kappa shape index (κ1) is 20.5. The molecule has 0 saturated heterocycles. The van der Waals surface area contributed by atoms with E-state index in [1.165, 1.54) is 42.7 Å². The van der Waals surface area contributed by atoms with Crippen LogP contribution >= 0.6 is 0 Å². The van der Waals surface area contributed by atoms with Gasteiger partial charge in [-0.1, -0.05) is 42.5 Å². The summed E-state index contributed by atoms with van der Waals surface area (Å²) in [6.45, 7) is 0. The second-order valence-corrected chi connectivity index (χ2v) is 6.54. The van der Waals surface area contributed by atoms with Gasteiger partial charge in [0.1, 0.15) is 17.4 Å². The zero-order valence-corrected chi connectivity index (χ0v) is 15.7. The van der Waals surface area contributed by atoms with Crippen LogP contribution in [0.3, 0.4) is 0 Å². The number of benzene rings is 3. The number of ether oxygens (including phenoxy) is 1. The number of hydrogen-bond donors (Lipinski definition) is 0. The molecule has 0 spiro atoms. The van der Waals surface area contributed by atoms with Crippen LogP contribution in [-0.2, 0) is 0 Å². The Morgan fingerprint density at radius 2 is 1.06 bits per heavy atom. The predicted molar refractivity (Wildman–Crippen MR) is 105 cm³/mol. The van der Waals surface area contributed by atoms with Crippen LogP contribution in [0.5, 0.6) is 5.75 Å². The quantitative estimate of drug-likeness (QED) is 0.341. The van der Waals surface area contributed by atoms with Gasteiger partial charge in [-0.25, -0.2) is 18.7 Å². The first-order valence-corrected chi connectivity index (χ1v) is 9.03. The lowest BCUT2D eigenvalue weighted by atomic mass is 10.0. The van der Waals surface area contributed by atoms with E-state index in [2.05, 4.69) is 14.7 Å². The van der Waals surface area contributed by atoms with Crippen molar-refractivity contribution in [1.82, 2.24) is 9.97 Å². The summed E-state index contributed by atoms with van der Waals surface area (Å²) in [6, 6.07) is 16.2. The molecule has 4 rings (SSSR count). The molecule has 0 bridgehead atoms. The molecule has 8 heteroatoms. The van der Waals surface area contributed by atoms with Crippen LogP contribution in [0.15, 0.2) is 79.1 Å². The number of alkyl halides is 3. The zero-order valence-electron chi connectivity index (χ0n) is 15.7. The highest BCUT2D eigenvalue weighted by Crippen LogP contribution is 2.29. The van der Waals surface area contributed by atoms with E-state index in [9.17, 15) is 22.0 Å². The van der Waals surface area contributed by atoms with Crippen molar-refractivity contribution in [3.8, 4) is 39.4 Å². The maximum atomic E-state index is 13.9. The van der Waals surface area contributed by atoms with Gasteiger partial charge in [0, 0.05) is 18.0 Å². The molecule has 156 valence electrons. The van der Waals surface area contributed by atoms with E-state index in [-0.39, 0.29) is 17.1 Å². The van der Waals surface area contributed by atoms with Crippen LogP contribution in [0.1, 0.15) is 0 Å². The monoisotopic (exact) mass is 428 g/mol. The Kier molecular flexibility index (Phi) is 5.37. The van der Waals surface area contributed by atoms with Crippen LogP contribution in [-0.4, -0.2) is 16.3 Å².